The lowest BCUT2D eigenvalue weighted by Crippen LogP contribution is -2.39. The number of fused-ring (bicyclic) bond motifs is 2. The van der Waals surface area contributed by atoms with Crippen molar-refractivity contribution in [3.05, 3.63) is 72.1 Å². The Morgan fingerprint density at radius 3 is 2.67 bits per heavy atom. The van der Waals surface area contributed by atoms with Gasteiger partial charge in [-0.3, -0.25) is 4.98 Å². The van der Waals surface area contributed by atoms with Crippen LogP contribution in [0.5, 0.6) is 0 Å². The van der Waals surface area contributed by atoms with Gasteiger partial charge in [-0.1, -0.05) is 50.2 Å². The van der Waals surface area contributed by atoms with E-state index in [1.54, 1.807) is 0 Å². The second kappa shape index (κ2) is 9.26. The number of para-hydroxylation sites is 1. The Bertz CT molecular complexity index is 1020. The minimum Gasteiger partial charge on any atom is -0.358 e. The molecule has 2 heterocycles. The number of anilines is 1. The van der Waals surface area contributed by atoms with Crippen LogP contribution in [-0.4, -0.2) is 35.4 Å². The third-order valence-electron chi connectivity index (χ3n) is 5.44. The summed E-state index contributed by atoms with van der Waals surface area (Å²) in [4.78, 5) is 12.4. The van der Waals surface area contributed by atoms with Crippen LogP contribution in [0.1, 0.15) is 44.1 Å². The Morgan fingerprint density at radius 1 is 1.03 bits per heavy atom. The Labute approximate surface area is 179 Å². The number of hydrogen-bond donors (Lipinski definition) is 2. The van der Waals surface area contributed by atoms with Gasteiger partial charge in [0.15, 0.2) is 6.17 Å². The van der Waals surface area contributed by atoms with Gasteiger partial charge in [0.2, 0.25) is 0 Å². The van der Waals surface area contributed by atoms with Gasteiger partial charge < -0.3 is 16.0 Å². The topological polar surface area (TPSA) is 66.5 Å². The molecule has 0 spiro atoms. The zero-order chi connectivity index (χ0) is 20.9. The molecule has 4 rings (SSSR count). The first-order chi connectivity index (χ1) is 14.7. The van der Waals surface area contributed by atoms with Crippen molar-refractivity contribution >= 4 is 22.3 Å². The largest absolute Gasteiger partial charge is 0.358 e. The summed E-state index contributed by atoms with van der Waals surface area (Å²) in [7, 11) is 0. The lowest BCUT2D eigenvalue weighted by atomic mass is 10.0. The molecule has 1 aliphatic heterocycles. The molecule has 0 saturated heterocycles. The molecule has 156 valence electrons. The number of hydrogen-bond acceptors (Lipinski definition) is 5. The molecule has 2 aromatic carbocycles. The second-order valence-electron chi connectivity index (χ2n) is 8.30. The summed E-state index contributed by atoms with van der Waals surface area (Å²) in [5, 5.41) is 5.93. The van der Waals surface area contributed by atoms with Crippen LogP contribution in [0.15, 0.2) is 65.8 Å². The average Bonchev–Trinajstić information content (AvgIpc) is 2.77. The first kappa shape index (κ1) is 20.4. The number of nitrogens with two attached hydrogens (primary N) is 1. The van der Waals surface area contributed by atoms with Gasteiger partial charge >= 0.3 is 0 Å². The van der Waals surface area contributed by atoms with Crippen molar-refractivity contribution in [3.63, 3.8) is 0 Å². The van der Waals surface area contributed by atoms with Crippen LogP contribution >= 0.6 is 0 Å². The maximum absolute atomic E-state index is 5.75. The molecule has 3 aromatic rings. The normalized spacial score (nSPS) is 15.6. The Balaban J connectivity index is 1.78. The van der Waals surface area contributed by atoms with Crippen LogP contribution in [0.2, 0.25) is 0 Å². The predicted molar refractivity (Wildman–Crippen MR) is 126 cm³/mol. The van der Waals surface area contributed by atoms with E-state index in [4.69, 9.17) is 15.7 Å². The molecular formula is C25H31N5. The van der Waals surface area contributed by atoms with E-state index in [9.17, 15) is 0 Å². The van der Waals surface area contributed by atoms with Gasteiger partial charge in [-0.25, -0.2) is 4.99 Å². The number of rotatable bonds is 7. The summed E-state index contributed by atoms with van der Waals surface area (Å²) in [5.74, 6) is 1.59. The maximum Gasteiger partial charge on any atom is 0.164 e. The van der Waals surface area contributed by atoms with Gasteiger partial charge in [0.1, 0.15) is 5.84 Å². The van der Waals surface area contributed by atoms with E-state index in [0.29, 0.717) is 5.92 Å². The van der Waals surface area contributed by atoms with Crippen molar-refractivity contribution < 1.29 is 0 Å². The monoisotopic (exact) mass is 401 g/mol. The summed E-state index contributed by atoms with van der Waals surface area (Å²) in [6.07, 6.45) is 3.75. The van der Waals surface area contributed by atoms with Gasteiger partial charge in [0.05, 0.1) is 5.69 Å². The number of benzene rings is 2. The van der Waals surface area contributed by atoms with Crippen molar-refractivity contribution in [2.24, 2.45) is 16.6 Å². The van der Waals surface area contributed by atoms with Gasteiger partial charge in [0, 0.05) is 35.9 Å². The Kier molecular flexibility index (Phi) is 6.29. The highest BCUT2D eigenvalue weighted by Crippen LogP contribution is 2.33. The molecule has 1 aliphatic rings. The van der Waals surface area contributed by atoms with E-state index >= 15 is 0 Å². The number of nitrogens with zero attached hydrogens (tertiary/aromatic N) is 3. The first-order valence-corrected chi connectivity index (χ1v) is 10.9. The van der Waals surface area contributed by atoms with E-state index in [0.717, 1.165) is 60.6 Å². The maximum atomic E-state index is 5.75. The lowest BCUT2D eigenvalue weighted by Gasteiger charge is -2.34. The van der Waals surface area contributed by atoms with Crippen LogP contribution in [0.3, 0.4) is 0 Å². The van der Waals surface area contributed by atoms with E-state index in [1.807, 2.05) is 6.20 Å². The Hall–Kier alpha value is -2.92. The second-order valence-corrected chi connectivity index (χ2v) is 8.30. The van der Waals surface area contributed by atoms with Crippen molar-refractivity contribution in [2.45, 2.75) is 32.9 Å². The van der Waals surface area contributed by atoms with Gasteiger partial charge in [-0.05, 0) is 48.9 Å². The summed E-state index contributed by atoms with van der Waals surface area (Å²) in [6, 6.07) is 18.9. The van der Waals surface area contributed by atoms with Crippen LogP contribution in [-0.2, 0) is 0 Å². The van der Waals surface area contributed by atoms with Gasteiger partial charge in [-0.15, -0.1) is 0 Å². The van der Waals surface area contributed by atoms with Gasteiger partial charge in [-0.2, -0.15) is 0 Å². The SMILES string of the molecule is CC(C)CN(CCCCN)C1=NC(c2nccc3ccccc23)Nc2ccccc21. The van der Waals surface area contributed by atoms with Crippen molar-refractivity contribution in [3.8, 4) is 0 Å². The van der Waals surface area contributed by atoms with Crippen molar-refractivity contribution in [2.75, 3.05) is 25.0 Å². The minimum absolute atomic E-state index is 0.217. The summed E-state index contributed by atoms with van der Waals surface area (Å²) < 4.78 is 0. The zero-order valence-corrected chi connectivity index (χ0v) is 17.9. The predicted octanol–water partition coefficient (Wildman–Crippen LogP) is 4.80. The fourth-order valence-corrected chi connectivity index (χ4v) is 4.09. The molecule has 0 amide bonds. The highest BCUT2D eigenvalue weighted by molar-refractivity contribution is 6.05. The third-order valence-corrected chi connectivity index (χ3v) is 5.44. The average molecular weight is 402 g/mol. The van der Waals surface area contributed by atoms with E-state index in [2.05, 4.69) is 78.7 Å². The number of aromatic nitrogens is 1. The fourth-order valence-electron chi connectivity index (χ4n) is 4.09. The number of amidine groups is 1. The molecule has 0 fully saturated rings. The highest BCUT2D eigenvalue weighted by Gasteiger charge is 2.27. The Morgan fingerprint density at radius 2 is 1.83 bits per heavy atom. The fraction of sp³-hybridized carbons (Fsp3) is 0.360. The van der Waals surface area contributed by atoms with Crippen LogP contribution in [0.25, 0.3) is 10.8 Å². The lowest BCUT2D eigenvalue weighted by molar-refractivity contribution is 0.355. The van der Waals surface area contributed by atoms with E-state index < -0.39 is 0 Å². The number of unbranched alkanes of at least 4 members (excludes halogenated alkanes) is 1. The van der Waals surface area contributed by atoms with E-state index in [-0.39, 0.29) is 6.17 Å². The molecule has 0 aliphatic carbocycles. The molecule has 1 aromatic heterocycles. The third kappa shape index (κ3) is 4.31. The molecule has 1 atom stereocenters. The zero-order valence-electron chi connectivity index (χ0n) is 17.9. The van der Waals surface area contributed by atoms with Crippen molar-refractivity contribution in [1.29, 1.82) is 0 Å². The number of aliphatic imine (C=N–C) groups is 1. The standard InChI is InChI=1S/C25H31N5/c1-18(2)17-30(16-8-7-14-26)25-21-11-5-6-12-22(21)28-24(29-25)23-20-10-4-3-9-19(20)13-15-27-23/h3-6,9-13,15,18,24,28H,7-8,14,16-17,26H2,1-2H3. The molecule has 0 bridgehead atoms. The first-order valence-electron chi connectivity index (χ1n) is 10.9. The minimum atomic E-state index is -0.217. The summed E-state index contributed by atoms with van der Waals surface area (Å²) in [6.45, 7) is 7.16. The highest BCUT2D eigenvalue weighted by atomic mass is 15.2. The smallest absolute Gasteiger partial charge is 0.164 e. The van der Waals surface area contributed by atoms with Crippen LogP contribution in [0.4, 0.5) is 5.69 Å². The molecule has 0 radical (unpaired) electrons. The molecule has 1 unspecified atom stereocenters. The summed E-state index contributed by atoms with van der Waals surface area (Å²) >= 11 is 0. The molecular weight excluding hydrogens is 370 g/mol. The van der Waals surface area contributed by atoms with Crippen LogP contribution < -0.4 is 11.1 Å². The van der Waals surface area contributed by atoms with Crippen LogP contribution in [0, 0.1) is 5.92 Å². The van der Waals surface area contributed by atoms with E-state index in [1.165, 1.54) is 5.39 Å². The molecule has 3 N–H and O–H groups in total. The molecule has 5 heteroatoms. The quantitative estimate of drug-likeness (QED) is 0.558. The molecule has 30 heavy (non-hydrogen) atoms. The number of pyridine rings is 1. The van der Waals surface area contributed by atoms with Crippen molar-refractivity contribution in [1.82, 2.24) is 9.88 Å². The molecule has 5 nitrogen and oxygen atoms in total. The number of nitrogens with one attached hydrogen (secondary N) is 1. The molecule has 0 saturated carbocycles. The van der Waals surface area contributed by atoms with Gasteiger partial charge in [0.25, 0.3) is 0 Å². The summed E-state index contributed by atoms with van der Waals surface area (Å²) in [5.41, 5.74) is 8.98.